The predicted octanol–water partition coefficient (Wildman–Crippen LogP) is 12.7. The van der Waals surface area contributed by atoms with Crippen LogP contribution in [-0.2, 0) is 0 Å². The van der Waals surface area contributed by atoms with E-state index >= 15 is 0 Å². The summed E-state index contributed by atoms with van der Waals surface area (Å²) in [7, 11) is 0. The monoisotopic (exact) mass is 748 g/mol. The SMILES string of the molecule is [2H]c1c([2H])c([2H])c(-c2nc(-c3c([2H])c([2H])c(-c4c([2H])c([2H])c([2H])c([2H])c4[2H])c([2H])c3[2H])nc(-n3c4c([2H])c([2H])c([2H])c([2H])c4c4c5c6c([2H])c([2H])c([2H])c([2H])c6n(-c6c([2H])c([2H])c(-c7c([2H])c([2H])c([2H])c([2H])c7[2H])c([2H])c6[2H])c5c([2H])c([2H])c43)n2)c([2H])c1[2H]. The first kappa shape index (κ1) is 13.0. The van der Waals surface area contributed by atoms with Gasteiger partial charge in [-0.2, -0.15) is 9.97 Å². The molecule has 3 heterocycles. The number of hydrogen-bond acceptors (Lipinski definition) is 3. The fraction of sp³-hybridized carbons (Fsp3) is 0. The molecule has 0 aliphatic rings. The molecule has 0 aliphatic carbocycles. The van der Waals surface area contributed by atoms with Gasteiger partial charge in [0.2, 0.25) is 5.95 Å². The molecule has 0 radical (unpaired) electrons. The quantitative estimate of drug-likeness (QED) is 0.170. The number of fused-ring (bicyclic) bond motifs is 7. The third kappa shape index (κ3) is 5.21. The highest BCUT2D eigenvalue weighted by Gasteiger charge is 2.22. The minimum absolute atomic E-state index is 0.591. The number of para-hydroxylation sites is 2. The van der Waals surface area contributed by atoms with E-state index in [-0.39, 0.29) is 0 Å². The Morgan fingerprint density at radius 2 is 0.679 bits per heavy atom. The molecule has 0 N–H and O–H groups in total. The van der Waals surface area contributed by atoms with Crippen molar-refractivity contribution < 1.29 is 45.2 Å². The van der Waals surface area contributed by atoms with E-state index in [0.29, 0.717) is 9.13 Å². The number of nitrogens with zero attached hydrogens (tertiary/aromatic N) is 5. The summed E-state index contributed by atoms with van der Waals surface area (Å²) in [6.45, 7) is 0. The van der Waals surface area contributed by atoms with Crippen molar-refractivity contribution in [2.75, 3.05) is 0 Å². The molecule has 11 rings (SSSR count). The van der Waals surface area contributed by atoms with Crippen LogP contribution in [0.4, 0.5) is 0 Å². The lowest BCUT2D eigenvalue weighted by molar-refractivity contribution is 0.953. The summed E-state index contributed by atoms with van der Waals surface area (Å²) >= 11 is 0. The molecule has 11 aromatic rings. The molecule has 3 aromatic heterocycles. The lowest BCUT2D eigenvalue weighted by Gasteiger charge is -2.12. The van der Waals surface area contributed by atoms with Crippen molar-refractivity contribution in [1.29, 1.82) is 0 Å². The van der Waals surface area contributed by atoms with Gasteiger partial charge >= 0.3 is 0 Å². The molecule has 56 heavy (non-hydrogen) atoms. The van der Waals surface area contributed by atoms with Crippen molar-refractivity contribution in [3.8, 4) is 56.7 Å². The average Bonchev–Trinajstić information content (AvgIpc) is 1.52. The third-order valence-electron chi connectivity index (χ3n) is 8.48. The van der Waals surface area contributed by atoms with Gasteiger partial charge in [0.15, 0.2) is 11.6 Å². The van der Waals surface area contributed by atoms with Crippen molar-refractivity contribution in [3.05, 3.63) is 199 Å². The van der Waals surface area contributed by atoms with Gasteiger partial charge in [0.05, 0.1) is 67.3 Å². The van der Waals surface area contributed by atoms with Crippen LogP contribution in [0.3, 0.4) is 0 Å². The van der Waals surface area contributed by atoms with Crippen LogP contribution in [0.1, 0.15) is 45.2 Å². The maximum absolute atomic E-state index is 9.95. The van der Waals surface area contributed by atoms with Gasteiger partial charge in [-0.3, -0.25) is 4.57 Å². The van der Waals surface area contributed by atoms with Gasteiger partial charge in [-0.1, -0.05) is 163 Å². The molecular weight excluding hydrogens is 683 g/mol. The van der Waals surface area contributed by atoms with Gasteiger partial charge in [-0.15, -0.1) is 0 Å². The second kappa shape index (κ2) is 13.0. The minimum atomic E-state index is -1.09. The molecule has 0 bridgehead atoms. The van der Waals surface area contributed by atoms with Gasteiger partial charge in [0.1, 0.15) is 0 Å². The lowest BCUT2D eigenvalue weighted by Crippen LogP contribution is -2.06. The first-order chi connectivity index (χ1) is 41.5. The smallest absolute Gasteiger partial charge is 0.238 e. The largest absolute Gasteiger partial charge is 0.309 e. The summed E-state index contributed by atoms with van der Waals surface area (Å²) in [5.41, 5.74) is -8.70. The highest BCUT2D eigenvalue weighted by Crippen LogP contribution is 2.42. The van der Waals surface area contributed by atoms with Crippen molar-refractivity contribution in [2.45, 2.75) is 0 Å². The molecule has 0 aliphatic heterocycles. The van der Waals surface area contributed by atoms with E-state index in [9.17, 15) is 19.2 Å². The topological polar surface area (TPSA) is 48.5 Å². The van der Waals surface area contributed by atoms with E-state index in [2.05, 4.69) is 15.0 Å². The van der Waals surface area contributed by atoms with E-state index in [1.54, 1.807) is 0 Å². The van der Waals surface area contributed by atoms with Crippen LogP contribution in [0.15, 0.2) is 199 Å². The van der Waals surface area contributed by atoms with Crippen LogP contribution in [0.5, 0.6) is 0 Å². The standard InChI is InChI=1S/C51H33N5/c1-4-14-34(15-5-1)36-24-26-39(27-25-36)50-52-49(38-18-8-3-9-19-38)53-51(54-50)56-44-23-13-11-21-42(44)48-46(56)33-32-45-47(48)41-20-10-12-22-43(41)55(45)40-30-28-37(29-31-40)35-16-6-2-7-17-35/h1-33H/i1D,2D,3D,4D,5D,6D,7D,8D,9D,10D,11D,12D,13D,14D,15D,16D,17D,18D,19D,20D,21D,22D,23D,24D,25D,26D,27D,28D,29D,30D,31D,32D,33D. The normalized spacial score (nSPS) is 19.8. The van der Waals surface area contributed by atoms with E-state index < -0.39 is 300 Å². The van der Waals surface area contributed by atoms with Gasteiger partial charge in [0.25, 0.3) is 0 Å². The molecule has 5 nitrogen and oxygen atoms in total. The molecular formula is C51H33N5. The van der Waals surface area contributed by atoms with Crippen molar-refractivity contribution in [3.63, 3.8) is 0 Å². The summed E-state index contributed by atoms with van der Waals surface area (Å²) in [5.74, 6) is -2.91. The van der Waals surface area contributed by atoms with Crippen molar-refractivity contribution in [2.24, 2.45) is 0 Å². The van der Waals surface area contributed by atoms with Crippen molar-refractivity contribution >= 4 is 43.6 Å². The molecule has 0 saturated carbocycles. The molecule has 0 fully saturated rings. The average molecular weight is 749 g/mol. The molecule has 5 heteroatoms. The van der Waals surface area contributed by atoms with Gasteiger partial charge in [-0.05, 0) is 58.5 Å². The van der Waals surface area contributed by atoms with Gasteiger partial charge in [-0.25, -0.2) is 4.98 Å². The number of aromatic nitrogens is 5. The van der Waals surface area contributed by atoms with Crippen LogP contribution in [0, 0.1) is 0 Å². The summed E-state index contributed by atoms with van der Waals surface area (Å²) in [6, 6.07) is -32.4. The zero-order chi connectivity index (χ0) is 65.7. The Morgan fingerprint density at radius 3 is 1.21 bits per heavy atom. The maximum atomic E-state index is 9.95. The zero-order valence-electron chi connectivity index (χ0n) is 60.7. The molecule has 0 atom stereocenters. The van der Waals surface area contributed by atoms with Crippen LogP contribution in [-0.4, -0.2) is 24.1 Å². The summed E-state index contributed by atoms with van der Waals surface area (Å²) in [6.07, 6.45) is 0. The first-order valence-electron chi connectivity index (χ1n) is 32.7. The number of benzene rings is 8. The highest BCUT2D eigenvalue weighted by atomic mass is 15.2. The van der Waals surface area contributed by atoms with Gasteiger partial charge in [0, 0.05) is 38.4 Å². The summed E-state index contributed by atoms with van der Waals surface area (Å²) < 4.78 is 296. The van der Waals surface area contributed by atoms with Gasteiger partial charge < -0.3 is 4.57 Å². The Hall–Kier alpha value is -7.63. The van der Waals surface area contributed by atoms with Crippen LogP contribution >= 0.6 is 0 Å². The van der Waals surface area contributed by atoms with Crippen LogP contribution in [0.2, 0.25) is 0 Å². The Balaban J connectivity index is 1.36. The zero-order valence-corrected chi connectivity index (χ0v) is 27.7. The fourth-order valence-electron chi connectivity index (χ4n) is 6.15. The van der Waals surface area contributed by atoms with Crippen LogP contribution < -0.4 is 0 Å². The van der Waals surface area contributed by atoms with E-state index in [1.165, 1.54) is 0 Å². The van der Waals surface area contributed by atoms with E-state index in [1.807, 2.05) is 0 Å². The lowest BCUT2D eigenvalue weighted by atomic mass is 10.0. The van der Waals surface area contributed by atoms with E-state index in [0.717, 1.165) is 0 Å². The second-order valence-electron chi connectivity index (χ2n) is 11.6. The highest BCUT2D eigenvalue weighted by molar-refractivity contribution is 6.28. The number of hydrogen-bond donors (Lipinski definition) is 0. The molecule has 8 aromatic carbocycles. The third-order valence-corrected chi connectivity index (χ3v) is 8.48. The predicted molar refractivity (Wildman–Crippen MR) is 230 cm³/mol. The molecule has 262 valence electrons. The number of rotatable bonds is 6. The maximum Gasteiger partial charge on any atom is 0.238 e. The Kier molecular flexibility index (Phi) is 3.03. The summed E-state index contributed by atoms with van der Waals surface area (Å²) in [5, 5.41) is -2.47. The first-order valence-corrected chi connectivity index (χ1v) is 16.2. The Morgan fingerprint density at radius 1 is 0.304 bits per heavy atom. The van der Waals surface area contributed by atoms with Crippen LogP contribution in [0.25, 0.3) is 100 Å². The van der Waals surface area contributed by atoms with E-state index in [4.69, 9.17) is 26.0 Å². The molecule has 0 spiro atoms. The fourth-order valence-corrected chi connectivity index (χ4v) is 6.15. The minimum Gasteiger partial charge on any atom is -0.309 e. The molecule has 0 unspecified atom stereocenters. The molecule has 0 amide bonds. The Labute approximate surface area is 369 Å². The second-order valence-corrected chi connectivity index (χ2v) is 11.6. The summed E-state index contributed by atoms with van der Waals surface area (Å²) in [4.78, 5) is 13.2. The van der Waals surface area contributed by atoms with Crippen molar-refractivity contribution in [1.82, 2.24) is 24.1 Å². The Bertz CT molecular complexity index is 5040. The molecule has 0 saturated heterocycles.